The smallest absolute Gasteiger partial charge is 0.229 e. The van der Waals surface area contributed by atoms with Crippen LogP contribution in [0.25, 0.3) is 15.7 Å². The van der Waals surface area contributed by atoms with Crippen LogP contribution in [0.1, 0.15) is 11.3 Å². The fraction of sp³-hybridized carbons (Fsp3) is 0.105. The Labute approximate surface area is 163 Å². The van der Waals surface area contributed by atoms with Gasteiger partial charge in [0.1, 0.15) is 11.6 Å². The molecule has 136 valence electrons. The van der Waals surface area contributed by atoms with Crippen LogP contribution < -0.4 is 5.32 Å². The summed E-state index contributed by atoms with van der Waals surface area (Å²) < 4.78 is 14.6. The van der Waals surface area contributed by atoms with Gasteiger partial charge in [0.2, 0.25) is 11.0 Å². The van der Waals surface area contributed by atoms with E-state index in [1.165, 1.54) is 23.5 Å². The van der Waals surface area contributed by atoms with Crippen molar-refractivity contribution in [3.05, 3.63) is 70.3 Å². The molecule has 8 heteroatoms. The maximum absolute atomic E-state index is 13.0. The van der Waals surface area contributed by atoms with Gasteiger partial charge in [-0.1, -0.05) is 18.2 Å². The zero-order valence-corrected chi connectivity index (χ0v) is 16.0. The zero-order valence-electron chi connectivity index (χ0n) is 14.3. The second kappa shape index (κ2) is 7.42. The lowest BCUT2D eigenvalue weighted by Crippen LogP contribution is -2.17. The number of benzene rings is 1. The zero-order chi connectivity index (χ0) is 18.8. The highest BCUT2D eigenvalue weighted by Gasteiger charge is 2.15. The Balaban J connectivity index is 1.54. The van der Waals surface area contributed by atoms with E-state index in [1.54, 1.807) is 34.2 Å². The fourth-order valence-corrected chi connectivity index (χ4v) is 4.16. The molecule has 1 amide bonds. The Hall–Kier alpha value is -2.84. The fourth-order valence-electron chi connectivity index (χ4n) is 2.61. The molecule has 3 aromatic heterocycles. The van der Waals surface area contributed by atoms with Gasteiger partial charge in [-0.05, 0) is 36.1 Å². The number of aromatic nitrogens is 3. The van der Waals surface area contributed by atoms with E-state index in [-0.39, 0.29) is 18.1 Å². The van der Waals surface area contributed by atoms with Crippen molar-refractivity contribution in [2.75, 3.05) is 5.32 Å². The van der Waals surface area contributed by atoms with Gasteiger partial charge in [0, 0.05) is 11.4 Å². The number of aryl methyl sites for hydroxylation is 1. The number of nitrogens with one attached hydrogen (secondary N) is 1. The molecule has 0 saturated heterocycles. The highest BCUT2D eigenvalue weighted by atomic mass is 32.1. The summed E-state index contributed by atoms with van der Waals surface area (Å²) in [6.45, 7) is 1.86. The van der Waals surface area contributed by atoms with Crippen molar-refractivity contribution >= 4 is 34.4 Å². The predicted octanol–water partition coefficient (Wildman–Crippen LogP) is 4.69. The summed E-state index contributed by atoms with van der Waals surface area (Å²) in [5.41, 5.74) is 2.41. The average molecular weight is 398 g/mol. The number of nitrogens with zero attached hydrogens (tertiary/aromatic N) is 3. The number of halogens is 1. The first kappa shape index (κ1) is 17.6. The maximum Gasteiger partial charge on any atom is 0.229 e. The predicted molar refractivity (Wildman–Crippen MR) is 106 cm³/mol. The minimum atomic E-state index is -0.321. The highest BCUT2D eigenvalue weighted by molar-refractivity contribution is 7.15. The summed E-state index contributed by atoms with van der Waals surface area (Å²) in [5.74, 6) is 0.0441. The average Bonchev–Trinajstić information content (AvgIpc) is 3.37. The first-order valence-corrected chi connectivity index (χ1v) is 9.95. The molecule has 0 spiro atoms. The topological polar surface area (TPSA) is 59.8 Å². The molecule has 0 bridgehead atoms. The Kier molecular flexibility index (Phi) is 4.83. The third kappa shape index (κ3) is 3.96. The van der Waals surface area contributed by atoms with Crippen LogP contribution in [0.3, 0.4) is 0 Å². The first-order chi connectivity index (χ1) is 13.1. The Bertz CT molecular complexity index is 1070. The molecule has 0 atom stereocenters. The van der Waals surface area contributed by atoms with E-state index >= 15 is 0 Å². The van der Waals surface area contributed by atoms with Crippen molar-refractivity contribution in [2.45, 2.75) is 13.3 Å². The lowest BCUT2D eigenvalue weighted by atomic mass is 10.1. The second-order valence-electron chi connectivity index (χ2n) is 5.93. The van der Waals surface area contributed by atoms with E-state index in [4.69, 9.17) is 0 Å². The number of anilines is 1. The van der Waals surface area contributed by atoms with Gasteiger partial charge in [0.25, 0.3) is 0 Å². The van der Waals surface area contributed by atoms with Crippen LogP contribution in [0.2, 0.25) is 0 Å². The number of rotatable bonds is 5. The molecule has 0 aliphatic heterocycles. The van der Waals surface area contributed by atoms with Crippen molar-refractivity contribution in [3.8, 4) is 15.7 Å². The molecule has 4 aromatic rings. The van der Waals surface area contributed by atoms with Crippen molar-refractivity contribution in [1.82, 2.24) is 14.8 Å². The molecule has 1 aromatic carbocycles. The van der Waals surface area contributed by atoms with Gasteiger partial charge < -0.3 is 5.32 Å². The van der Waals surface area contributed by atoms with Crippen LogP contribution in [-0.2, 0) is 11.2 Å². The molecule has 5 nitrogen and oxygen atoms in total. The summed E-state index contributed by atoms with van der Waals surface area (Å²) in [7, 11) is 0. The minimum absolute atomic E-state index is 0.156. The molecule has 0 saturated carbocycles. The second-order valence-corrected chi connectivity index (χ2v) is 7.71. The first-order valence-electron chi connectivity index (χ1n) is 8.19. The van der Waals surface area contributed by atoms with Crippen molar-refractivity contribution in [1.29, 1.82) is 0 Å². The van der Waals surface area contributed by atoms with Gasteiger partial charge in [-0.15, -0.1) is 22.7 Å². The summed E-state index contributed by atoms with van der Waals surface area (Å²) in [5, 5.41) is 12.0. The van der Waals surface area contributed by atoms with Gasteiger partial charge in [-0.2, -0.15) is 9.78 Å². The number of carbonyl (C=O) groups is 1. The molecule has 0 radical (unpaired) electrons. The monoisotopic (exact) mass is 398 g/mol. The standard InChI is InChI=1S/C19H15FN4OS2/c1-12-9-17(22-18(25)10-13-4-6-14(20)7-5-13)24(23-12)19-21-15(11-27-19)16-3-2-8-26-16/h2-9,11H,10H2,1H3,(H,22,25). The molecule has 27 heavy (non-hydrogen) atoms. The van der Waals surface area contributed by atoms with Crippen LogP contribution in [0.4, 0.5) is 10.2 Å². The molecule has 0 unspecified atom stereocenters. The van der Waals surface area contributed by atoms with E-state index in [2.05, 4.69) is 15.4 Å². The van der Waals surface area contributed by atoms with Gasteiger partial charge in [-0.25, -0.2) is 9.37 Å². The quantitative estimate of drug-likeness (QED) is 0.531. The number of amides is 1. The van der Waals surface area contributed by atoms with Crippen LogP contribution in [0.15, 0.2) is 53.2 Å². The third-order valence-corrected chi connectivity index (χ3v) is 5.53. The lowest BCUT2D eigenvalue weighted by molar-refractivity contribution is -0.115. The number of carbonyl (C=O) groups excluding carboxylic acids is 1. The molecule has 0 aliphatic carbocycles. The normalized spacial score (nSPS) is 10.9. The summed E-state index contributed by atoms with van der Waals surface area (Å²) >= 11 is 3.09. The van der Waals surface area contributed by atoms with E-state index in [9.17, 15) is 9.18 Å². The summed E-state index contributed by atoms with van der Waals surface area (Å²) in [6, 6.07) is 11.7. The molecule has 1 N–H and O–H groups in total. The number of hydrogen-bond donors (Lipinski definition) is 1. The summed E-state index contributed by atoms with van der Waals surface area (Å²) in [6.07, 6.45) is 0.156. The van der Waals surface area contributed by atoms with Crippen molar-refractivity contribution < 1.29 is 9.18 Å². The van der Waals surface area contributed by atoms with E-state index in [1.807, 2.05) is 29.8 Å². The highest BCUT2D eigenvalue weighted by Crippen LogP contribution is 2.29. The Morgan fingerprint density at radius 1 is 1.22 bits per heavy atom. The summed E-state index contributed by atoms with van der Waals surface area (Å²) in [4.78, 5) is 18.1. The number of thiophene rings is 1. The molecular weight excluding hydrogens is 383 g/mol. The van der Waals surface area contributed by atoms with Crippen molar-refractivity contribution in [3.63, 3.8) is 0 Å². The Morgan fingerprint density at radius 3 is 2.78 bits per heavy atom. The minimum Gasteiger partial charge on any atom is -0.310 e. The van der Waals surface area contributed by atoms with E-state index in [0.717, 1.165) is 21.8 Å². The molecule has 0 aliphatic rings. The Morgan fingerprint density at radius 2 is 2.04 bits per heavy atom. The van der Waals surface area contributed by atoms with Gasteiger partial charge >= 0.3 is 0 Å². The maximum atomic E-state index is 13.0. The van der Waals surface area contributed by atoms with Crippen LogP contribution in [0.5, 0.6) is 0 Å². The molecule has 4 rings (SSSR count). The van der Waals surface area contributed by atoms with Gasteiger partial charge in [0.05, 0.1) is 22.7 Å². The number of hydrogen-bond acceptors (Lipinski definition) is 5. The molecule has 3 heterocycles. The molecule has 0 fully saturated rings. The van der Waals surface area contributed by atoms with Gasteiger partial charge in [0.15, 0.2) is 0 Å². The molecular formula is C19H15FN4OS2. The SMILES string of the molecule is Cc1cc(NC(=O)Cc2ccc(F)cc2)n(-c2nc(-c3cccs3)cs2)n1. The van der Waals surface area contributed by atoms with Gasteiger partial charge in [-0.3, -0.25) is 4.79 Å². The van der Waals surface area contributed by atoms with Crippen LogP contribution >= 0.6 is 22.7 Å². The van der Waals surface area contributed by atoms with E-state index < -0.39 is 0 Å². The lowest BCUT2D eigenvalue weighted by Gasteiger charge is -2.06. The van der Waals surface area contributed by atoms with Crippen LogP contribution in [-0.4, -0.2) is 20.7 Å². The number of thiazole rings is 1. The van der Waals surface area contributed by atoms with Crippen molar-refractivity contribution in [2.24, 2.45) is 0 Å². The largest absolute Gasteiger partial charge is 0.310 e. The van der Waals surface area contributed by atoms with Crippen LogP contribution in [0, 0.1) is 12.7 Å². The third-order valence-electron chi connectivity index (χ3n) is 3.82. The van der Waals surface area contributed by atoms with E-state index in [0.29, 0.717) is 10.9 Å².